The number of carbonyl (C=O) groups excluding carboxylic acids is 1. The Morgan fingerprint density at radius 3 is 2.78 bits per heavy atom. The maximum atomic E-state index is 13.3. The van der Waals surface area contributed by atoms with Gasteiger partial charge in [-0.1, -0.05) is 63.2 Å². The van der Waals surface area contributed by atoms with Crippen molar-refractivity contribution < 1.29 is 9.90 Å². The van der Waals surface area contributed by atoms with Gasteiger partial charge in [-0.05, 0) is 37.0 Å². The molecule has 1 amide bonds. The van der Waals surface area contributed by atoms with E-state index in [1.54, 1.807) is 23.2 Å². The minimum absolute atomic E-state index is 0.104. The molecule has 1 atom stereocenters. The number of hydrogen-bond donors (Lipinski definition) is 2. The molecule has 1 fully saturated rings. The smallest absolute Gasteiger partial charge is 0.267 e. The quantitative estimate of drug-likeness (QED) is 0.400. The van der Waals surface area contributed by atoms with E-state index in [0.717, 1.165) is 31.2 Å². The van der Waals surface area contributed by atoms with E-state index in [1.165, 1.54) is 16.2 Å². The number of hydrogen-bond acceptors (Lipinski definition) is 7. The number of unbranched alkanes of at least 4 members (excludes halogenated alkanes) is 1. The summed E-state index contributed by atoms with van der Waals surface area (Å²) in [5, 5.41) is 12.2. The molecule has 0 saturated carbocycles. The molecule has 1 unspecified atom stereocenters. The number of aliphatic hydroxyl groups excluding tert-OH is 1. The maximum Gasteiger partial charge on any atom is 0.267 e. The molecule has 32 heavy (non-hydrogen) atoms. The predicted octanol–water partition coefficient (Wildman–Crippen LogP) is 3.82. The molecule has 3 heterocycles. The molecule has 2 aromatic rings. The Morgan fingerprint density at radius 2 is 2.09 bits per heavy atom. The van der Waals surface area contributed by atoms with Crippen LogP contribution in [0.25, 0.3) is 11.7 Å². The van der Waals surface area contributed by atoms with Crippen molar-refractivity contribution in [3.8, 4) is 0 Å². The number of aliphatic hydroxyl groups is 1. The molecule has 172 valence electrons. The zero-order chi connectivity index (χ0) is 23.3. The van der Waals surface area contributed by atoms with E-state index in [9.17, 15) is 14.7 Å². The lowest BCUT2D eigenvalue weighted by atomic mass is 9.99. The number of aromatic nitrogens is 2. The zero-order valence-corrected chi connectivity index (χ0v) is 20.4. The predicted molar refractivity (Wildman–Crippen MR) is 135 cm³/mol. The highest BCUT2D eigenvalue weighted by molar-refractivity contribution is 8.26. The maximum absolute atomic E-state index is 13.3. The molecule has 0 bridgehead atoms. The number of thiocarbonyl (C=S) groups is 1. The minimum atomic E-state index is -0.279. The van der Waals surface area contributed by atoms with Crippen LogP contribution in [-0.4, -0.2) is 49.3 Å². The summed E-state index contributed by atoms with van der Waals surface area (Å²) in [6.07, 6.45) is 7.60. The molecule has 2 N–H and O–H groups in total. The van der Waals surface area contributed by atoms with Gasteiger partial charge in [0.05, 0.1) is 17.1 Å². The summed E-state index contributed by atoms with van der Waals surface area (Å²) in [6.45, 7) is 6.93. The number of pyridine rings is 1. The molecular formula is C23H30N4O3S2. The van der Waals surface area contributed by atoms with E-state index >= 15 is 0 Å². The summed E-state index contributed by atoms with van der Waals surface area (Å²) in [5.74, 6) is 0.568. The second-order valence-corrected chi connectivity index (χ2v) is 9.65. The SMILES string of the molecule is CCCCC(CC)CN1C(=O)/C(=C\c2c(NCCO)nc3ccc(C)cn3c2=O)SC1=S. The van der Waals surface area contributed by atoms with Crippen molar-refractivity contribution in [2.24, 2.45) is 5.92 Å². The number of nitrogens with one attached hydrogen (secondary N) is 1. The van der Waals surface area contributed by atoms with Crippen molar-refractivity contribution in [1.82, 2.24) is 14.3 Å². The summed E-state index contributed by atoms with van der Waals surface area (Å²) in [4.78, 5) is 33.1. The summed E-state index contributed by atoms with van der Waals surface area (Å²) in [5.41, 5.74) is 1.42. The summed E-state index contributed by atoms with van der Waals surface area (Å²) in [7, 11) is 0. The van der Waals surface area contributed by atoms with Crippen molar-refractivity contribution in [2.75, 3.05) is 25.0 Å². The van der Waals surface area contributed by atoms with Crippen LogP contribution in [0.4, 0.5) is 5.82 Å². The Kier molecular flexibility index (Phi) is 8.44. The summed E-state index contributed by atoms with van der Waals surface area (Å²) in [6, 6.07) is 3.65. The fraction of sp³-hybridized carbons (Fsp3) is 0.478. The number of fused-ring (bicyclic) bond motifs is 1. The lowest BCUT2D eigenvalue weighted by Gasteiger charge is -2.21. The Balaban J connectivity index is 1.98. The van der Waals surface area contributed by atoms with Crippen molar-refractivity contribution >= 4 is 51.7 Å². The van der Waals surface area contributed by atoms with Gasteiger partial charge in [-0.2, -0.15) is 0 Å². The molecular weight excluding hydrogens is 444 g/mol. The average Bonchev–Trinajstić information content (AvgIpc) is 3.04. The van der Waals surface area contributed by atoms with E-state index in [0.29, 0.717) is 33.2 Å². The summed E-state index contributed by atoms with van der Waals surface area (Å²) < 4.78 is 2.00. The highest BCUT2D eigenvalue weighted by atomic mass is 32.2. The van der Waals surface area contributed by atoms with Crippen LogP contribution in [0, 0.1) is 12.8 Å². The first-order valence-electron chi connectivity index (χ1n) is 11.0. The Morgan fingerprint density at radius 1 is 1.31 bits per heavy atom. The topological polar surface area (TPSA) is 86.9 Å². The van der Waals surface area contributed by atoms with Crippen molar-refractivity contribution in [2.45, 2.75) is 46.5 Å². The van der Waals surface area contributed by atoms with Crippen LogP contribution < -0.4 is 10.9 Å². The Bertz CT molecular complexity index is 1100. The molecule has 0 aliphatic carbocycles. The molecule has 7 nitrogen and oxygen atoms in total. The Labute approximate surface area is 197 Å². The number of aryl methyl sites for hydroxylation is 1. The van der Waals surface area contributed by atoms with Crippen LogP contribution in [-0.2, 0) is 4.79 Å². The van der Waals surface area contributed by atoms with Crippen LogP contribution in [0.3, 0.4) is 0 Å². The van der Waals surface area contributed by atoms with Gasteiger partial charge in [-0.15, -0.1) is 0 Å². The zero-order valence-electron chi connectivity index (χ0n) is 18.8. The normalized spacial score (nSPS) is 16.4. The fourth-order valence-electron chi connectivity index (χ4n) is 3.66. The first-order valence-corrected chi connectivity index (χ1v) is 12.2. The highest BCUT2D eigenvalue weighted by Crippen LogP contribution is 2.34. The van der Waals surface area contributed by atoms with Gasteiger partial charge in [0, 0.05) is 19.3 Å². The van der Waals surface area contributed by atoms with Crippen molar-refractivity contribution in [3.05, 3.63) is 44.7 Å². The highest BCUT2D eigenvalue weighted by Gasteiger charge is 2.33. The summed E-state index contributed by atoms with van der Waals surface area (Å²) >= 11 is 6.72. The third-order valence-corrected chi connectivity index (χ3v) is 6.92. The van der Waals surface area contributed by atoms with Gasteiger partial charge in [0.2, 0.25) is 0 Å². The van der Waals surface area contributed by atoms with Gasteiger partial charge in [0.15, 0.2) is 0 Å². The third kappa shape index (κ3) is 5.39. The first kappa shape index (κ1) is 24.4. The van der Waals surface area contributed by atoms with E-state index in [4.69, 9.17) is 12.2 Å². The lowest BCUT2D eigenvalue weighted by Crippen LogP contribution is -2.33. The standard InChI is InChI=1S/C23H30N4O3S2/c1-4-6-7-16(5-2)14-27-22(30)18(32-23(27)31)12-17-20(24-10-11-28)25-19-9-8-15(3)13-26(19)21(17)29/h8-9,12-13,16,24,28H,4-7,10-11,14H2,1-3H3/b18-12+. The van der Waals surface area contributed by atoms with Gasteiger partial charge in [0.25, 0.3) is 11.5 Å². The largest absolute Gasteiger partial charge is 0.395 e. The second-order valence-electron chi connectivity index (χ2n) is 7.97. The molecule has 1 aliphatic heterocycles. The number of thioether (sulfide) groups is 1. The minimum Gasteiger partial charge on any atom is -0.395 e. The molecule has 1 saturated heterocycles. The number of nitrogens with zero attached hydrogens (tertiary/aromatic N) is 3. The first-order chi connectivity index (χ1) is 15.4. The van der Waals surface area contributed by atoms with E-state index < -0.39 is 0 Å². The second kappa shape index (κ2) is 11.1. The van der Waals surface area contributed by atoms with Crippen molar-refractivity contribution in [3.63, 3.8) is 0 Å². The van der Waals surface area contributed by atoms with Crippen molar-refractivity contribution in [1.29, 1.82) is 0 Å². The molecule has 9 heteroatoms. The molecule has 2 aromatic heterocycles. The van der Waals surface area contributed by atoms with Gasteiger partial charge < -0.3 is 10.4 Å². The fourth-order valence-corrected chi connectivity index (χ4v) is 4.92. The Hall–Kier alpha value is -2.23. The van der Waals surface area contributed by atoms with Gasteiger partial charge in [0.1, 0.15) is 15.8 Å². The van der Waals surface area contributed by atoms with Gasteiger partial charge in [-0.3, -0.25) is 18.9 Å². The van der Waals surface area contributed by atoms with Crippen LogP contribution in [0.2, 0.25) is 0 Å². The number of anilines is 1. The number of carbonyl (C=O) groups is 1. The van der Waals surface area contributed by atoms with Crippen LogP contribution in [0.5, 0.6) is 0 Å². The van der Waals surface area contributed by atoms with Crippen LogP contribution >= 0.6 is 24.0 Å². The molecule has 0 aromatic carbocycles. The van der Waals surface area contributed by atoms with Crippen LogP contribution in [0.15, 0.2) is 28.0 Å². The van der Waals surface area contributed by atoms with E-state index in [-0.39, 0.29) is 30.2 Å². The monoisotopic (exact) mass is 474 g/mol. The molecule has 0 spiro atoms. The molecule has 3 rings (SSSR count). The van der Waals surface area contributed by atoms with E-state index in [2.05, 4.69) is 24.1 Å². The molecule has 1 aliphatic rings. The lowest BCUT2D eigenvalue weighted by molar-refractivity contribution is -0.122. The van der Waals surface area contributed by atoms with E-state index in [1.807, 2.05) is 13.0 Å². The number of rotatable bonds is 10. The average molecular weight is 475 g/mol. The van der Waals surface area contributed by atoms with Crippen LogP contribution in [0.1, 0.15) is 50.7 Å². The molecule has 0 radical (unpaired) electrons. The van der Waals surface area contributed by atoms with Gasteiger partial charge >= 0.3 is 0 Å². The van der Waals surface area contributed by atoms with Gasteiger partial charge in [-0.25, -0.2) is 4.98 Å². The number of amides is 1. The third-order valence-electron chi connectivity index (χ3n) is 5.54.